The molecule has 0 spiro atoms. The van der Waals surface area contributed by atoms with Crippen LogP contribution in [-0.2, 0) is 0 Å². The van der Waals surface area contributed by atoms with E-state index in [1.807, 2.05) is 51.9 Å². The summed E-state index contributed by atoms with van der Waals surface area (Å²) in [7, 11) is 1.63. The first-order valence-electron chi connectivity index (χ1n) is 9.21. The minimum absolute atomic E-state index is 0.0485. The first kappa shape index (κ1) is 17.5. The molecule has 27 heavy (non-hydrogen) atoms. The number of amides is 1. The number of hydrogen-bond acceptors (Lipinski definition) is 5. The van der Waals surface area contributed by atoms with E-state index in [1.54, 1.807) is 7.11 Å². The van der Waals surface area contributed by atoms with Crippen LogP contribution >= 0.6 is 0 Å². The molecule has 140 valence electrons. The summed E-state index contributed by atoms with van der Waals surface area (Å²) in [6.45, 7) is 6.53. The topological polar surface area (TPSA) is 63.0 Å². The van der Waals surface area contributed by atoms with Crippen molar-refractivity contribution in [2.75, 3.05) is 39.8 Å². The van der Waals surface area contributed by atoms with Gasteiger partial charge in [-0.2, -0.15) is 0 Å². The number of pyridine rings is 1. The fourth-order valence-electron chi connectivity index (χ4n) is 3.48. The number of carbonyl (C=O) groups is 1. The van der Waals surface area contributed by atoms with Crippen LogP contribution in [0.4, 0.5) is 0 Å². The number of methoxy groups -OCH3 is 1. The van der Waals surface area contributed by atoms with Gasteiger partial charge in [0.1, 0.15) is 5.75 Å². The summed E-state index contributed by atoms with van der Waals surface area (Å²) in [6.07, 6.45) is 1.83. The van der Waals surface area contributed by atoms with Crippen LogP contribution in [0.2, 0.25) is 0 Å². The van der Waals surface area contributed by atoms with Gasteiger partial charge >= 0.3 is 0 Å². The molecule has 0 atom stereocenters. The summed E-state index contributed by atoms with van der Waals surface area (Å²) in [6, 6.07) is 11.3. The lowest BCUT2D eigenvalue weighted by Crippen LogP contribution is -2.48. The molecule has 0 bridgehead atoms. The summed E-state index contributed by atoms with van der Waals surface area (Å²) >= 11 is 0. The molecule has 0 saturated carbocycles. The van der Waals surface area contributed by atoms with Gasteiger partial charge in [0.25, 0.3) is 5.91 Å². The molecular weight excluding hydrogens is 342 g/mol. The minimum atomic E-state index is 0.0485. The van der Waals surface area contributed by atoms with E-state index in [4.69, 9.17) is 4.74 Å². The van der Waals surface area contributed by atoms with Gasteiger partial charge in [0.05, 0.1) is 18.2 Å². The maximum atomic E-state index is 13.0. The molecule has 1 aliphatic heterocycles. The predicted molar refractivity (Wildman–Crippen MR) is 103 cm³/mol. The van der Waals surface area contributed by atoms with E-state index >= 15 is 0 Å². The van der Waals surface area contributed by atoms with Gasteiger partial charge in [0, 0.05) is 32.4 Å². The number of fused-ring (bicyclic) bond motifs is 1. The molecule has 7 nitrogen and oxygen atoms in total. The van der Waals surface area contributed by atoms with E-state index in [-0.39, 0.29) is 5.91 Å². The van der Waals surface area contributed by atoms with Crippen LogP contribution < -0.4 is 4.74 Å². The molecule has 1 saturated heterocycles. The fourth-order valence-corrected chi connectivity index (χ4v) is 3.48. The van der Waals surface area contributed by atoms with Gasteiger partial charge in [-0.25, -0.2) is 0 Å². The van der Waals surface area contributed by atoms with Gasteiger partial charge in [0.2, 0.25) is 0 Å². The number of carbonyl (C=O) groups excluding carboxylic acids is 1. The number of para-hydroxylation sites is 1. The Labute approximate surface area is 158 Å². The van der Waals surface area contributed by atoms with E-state index in [0.717, 1.165) is 44.0 Å². The average Bonchev–Trinajstić information content (AvgIpc) is 3.16. The number of aromatic nitrogens is 3. The van der Waals surface area contributed by atoms with Crippen molar-refractivity contribution in [3.8, 4) is 17.1 Å². The van der Waals surface area contributed by atoms with Crippen molar-refractivity contribution in [1.29, 1.82) is 0 Å². The van der Waals surface area contributed by atoms with E-state index < -0.39 is 0 Å². The highest BCUT2D eigenvalue weighted by molar-refractivity contribution is 5.94. The van der Waals surface area contributed by atoms with Gasteiger partial charge in [-0.15, -0.1) is 10.2 Å². The molecule has 0 N–H and O–H groups in total. The molecule has 1 amide bonds. The third-order valence-corrected chi connectivity index (χ3v) is 5.10. The largest absolute Gasteiger partial charge is 0.496 e. The van der Waals surface area contributed by atoms with Crippen molar-refractivity contribution in [1.82, 2.24) is 24.4 Å². The smallest absolute Gasteiger partial charge is 0.255 e. The average molecular weight is 365 g/mol. The lowest BCUT2D eigenvalue weighted by Gasteiger charge is -2.34. The number of piperazine rings is 1. The highest BCUT2D eigenvalue weighted by Gasteiger charge is 2.22. The lowest BCUT2D eigenvalue weighted by atomic mass is 10.2. The second-order valence-electron chi connectivity index (χ2n) is 6.60. The first-order valence-corrected chi connectivity index (χ1v) is 9.21. The van der Waals surface area contributed by atoms with Crippen molar-refractivity contribution in [3.63, 3.8) is 0 Å². The summed E-state index contributed by atoms with van der Waals surface area (Å²) in [4.78, 5) is 17.2. The summed E-state index contributed by atoms with van der Waals surface area (Å²) in [5.41, 5.74) is 2.18. The molecule has 0 radical (unpaired) electrons. The normalized spacial score (nSPS) is 15.3. The first-order chi connectivity index (χ1) is 13.2. The third kappa shape index (κ3) is 3.26. The maximum Gasteiger partial charge on any atom is 0.255 e. The Bertz CT molecular complexity index is 960. The van der Waals surface area contributed by atoms with Crippen LogP contribution in [0.15, 0.2) is 42.6 Å². The molecule has 3 heterocycles. The Morgan fingerprint density at radius 1 is 1.07 bits per heavy atom. The number of rotatable bonds is 4. The molecule has 1 aromatic carbocycles. The van der Waals surface area contributed by atoms with Crippen LogP contribution in [0.1, 0.15) is 17.3 Å². The second-order valence-corrected chi connectivity index (χ2v) is 6.60. The van der Waals surface area contributed by atoms with Crippen molar-refractivity contribution in [2.45, 2.75) is 6.92 Å². The van der Waals surface area contributed by atoms with Gasteiger partial charge < -0.3 is 14.5 Å². The Hall–Kier alpha value is -2.93. The third-order valence-electron chi connectivity index (χ3n) is 5.10. The van der Waals surface area contributed by atoms with Crippen LogP contribution in [-0.4, -0.2) is 70.1 Å². The number of likely N-dealkylation sites (N-methyl/N-ethyl adjacent to an activating group) is 1. The Kier molecular flexibility index (Phi) is 4.77. The standard InChI is InChI=1S/C20H23N5O2/c1-3-23-10-12-24(13-11-23)20(26)15-8-9-18-21-22-19(25(18)14-15)16-6-4-5-7-17(16)27-2/h4-9,14H,3,10-13H2,1-2H3. The van der Waals surface area contributed by atoms with Crippen LogP contribution in [0, 0.1) is 0 Å². The summed E-state index contributed by atoms with van der Waals surface area (Å²) < 4.78 is 7.31. The zero-order valence-corrected chi connectivity index (χ0v) is 15.6. The minimum Gasteiger partial charge on any atom is -0.496 e. The SMILES string of the molecule is CCN1CCN(C(=O)c2ccc3nnc(-c4ccccc4OC)n3c2)CC1. The molecule has 1 fully saturated rings. The van der Waals surface area contributed by atoms with Crippen LogP contribution in [0.25, 0.3) is 17.0 Å². The summed E-state index contributed by atoms with van der Waals surface area (Å²) in [5, 5.41) is 8.54. The zero-order valence-electron chi connectivity index (χ0n) is 15.6. The summed E-state index contributed by atoms with van der Waals surface area (Å²) in [5.74, 6) is 1.43. The van der Waals surface area contributed by atoms with Gasteiger partial charge in [0.15, 0.2) is 11.5 Å². The fraction of sp³-hybridized carbons (Fsp3) is 0.350. The van der Waals surface area contributed by atoms with Crippen LogP contribution in [0.5, 0.6) is 5.75 Å². The molecule has 0 unspecified atom stereocenters. The number of nitrogens with zero attached hydrogens (tertiary/aromatic N) is 5. The highest BCUT2D eigenvalue weighted by Crippen LogP contribution is 2.28. The van der Waals surface area contributed by atoms with E-state index in [9.17, 15) is 4.79 Å². The van der Waals surface area contributed by atoms with Gasteiger partial charge in [-0.3, -0.25) is 9.20 Å². The molecule has 1 aliphatic rings. The Morgan fingerprint density at radius 3 is 2.59 bits per heavy atom. The number of ether oxygens (including phenoxy) is 1. The lowest BCUT2D eigenvalue weighted by molar-refractivity contribution is 0.0643. The Morgan fingerprint density at radius 2 is 1.85 bits per heavy atom. The quantitative estimate of drug-likeness (QED) is 0.709. The number of hydrogen-bond donors (Lipinski definition) is 0. The molecule has 7 heteroatoms. The predicted octanol–water partition coefficient (Wildman–Crippen LogP) is 2.18. The monoisotopic (exact) mass is 365 g/mol. The van der Waals surface area contributed by atoms with Crippen molar-refractivity contribution >= 4 is 11.6 Å². The van der Waals surface area contributed by atoms with Crippen LogP contribution in [0.3, 0.4) is 0 Å². The Balaban J connectivity index is 1.67. The highest BCUT2D eigenvalue weighted by atomic mass is 16.5. The van der Waals surface area contributed by atoms with Gasteiger partial charge in [-0.1, -0.05) is 19.1 Å². The van der Waals surface area contributed by atoms with E-state index in [0.29, 0.717) is 17.0 Å². The second kappa shape index (κ2) is 7.36. The van der Waals surface area contributed by atoms with Crippen molar-refractivity contribution in [2.24, 2.45) is 0 Å². The molecule has 4 rings (SSSR count). The molecule has 0 aliphatic carbocycles. The zero-order chi connectivity index (χ0) is 18.8. The number of benzene rings is 1. The van der Waals surface area contributed by atoms with E-state index in [2.05, 4.69) is 22.0 Å². The van der Waals surface area contributed by atoms with Gasteiger partial charge in [-0.05, 0) is 30.8 Å². The van der Waals surface area contributed by atoms with E-state index in [1.165, 1.54) is 0 Å². The molecular formula is C20H23N5O2. The molecule has 2 aromatic heterocycles. The maximum absolute atomic E-state index is 13.0. The van der Waals surface area contributed by atoms with Crippen molar-refractivity contribution in [3.05, 3.63) is 48.2 Å². The molecule has 3 aromatic rings. The van der Waals surface area contributed by atoms with Crippen molar-refractivity contribution < 1.29 is 9.53 Å².